The summed E-state index contributed by atoms with van der Waals surface area (Å²) in [6.07, 6.45) is 0.160. The van der Waals surface area contributed by atoms with Gasteiger partial charge in [0.05, 0.1) is 0 Å². The average Bonchev–Trinajstić information content (AvgIpc) is 2.53. The van der Waals surface area contributed by atoms with Crippen molar-refractivity contribution in [3.8, 4) is 5.75 Å². The molecule has 0 heterocycles. The van der Waals surface area contributed by atoms with E-state index >= 15 is 0 Å². The second-order valence-corrected chi connectivity index (χ2v) is 5.99. The van der Waals surface area contributed by atoms with Crippen molar-refractivity contribution in [1.29, 1.82) is 0 Å². The lowest BCUT2D eigenvalue weighted by Crippen LogP contribution is -2.37. The molecule has 0 aliphatic rings. The van der Waals surface area contributed by atoms with E-state index in [4.69, 9.17) is 4.74 Å². The first kappa shape index (κ1) is 17.1. The van der Waals surface area contributed by atoms with Crippen molar-refractivity contribution in [1.82, 2.24) is 5.32 Å². The number of amides is 1. The number of rotatable bonds is 6. The van der Waals surface area contributed by atoms with Crippen LogP contribution < -0.4 is 10.1 Å². The smallest absolute Gasteiger partial charge is 0.261 e. The Labute approximate surface area is 138 Å². The third-order valence-corrected chi connectivity index (χ3v) is 3.83. The molecule has 0 aliphatic carbocycles. The van der Waals surface area contributed by atoms with Gasteiger partial charge in [-0.3, -0.25) is 4.79 Å². The monoisotopic (exact) mass is 311 g/mol. The largest absolute Gasteiger partial charge is 0.480 e. The molecule has 0 bridgehead atoms. The molecule has 122 valence electrons. The highest BCUT2D eigenvalue weighted by Crippen LogP contribution is 2.21. The summed E-state index contributed by atoms with van der Waals surface area (Å²) >= 11 is 0. The molecule has 0 radical (unpaired) electrons. The fourth-order valence-electron chi connectivity index (χ4n) is 2.43. The van der Waals surface area contributed by atoms with E-state index in [2.05, 4.69) is 11.4 Å². The van der Waals surface area contributed by atoms with E-state index in [9.17, 15) is 4.79 Å². The summed E-state index contributed by atoms with van der Waals surface area (Å²) in [5.74, 6) is 0.706. The van der Waals surface area contributed by atoms with Crippen LogP contribution in [0.1, 0.15) is 35.6 Å². The van der Waals surface area contributed by atoms with E-state index < -0.39 is 6.10 Å². The fraction of sp³-hybridized carbons (Fsp3) is 0.350. The number of hydrogen-bond donors (Lipinski definition) is 1. The van der Waals surface area contributed by atoms with Crippen LogP contribution in [0, 0.1) is 20.8 Å². The number of nitrogens with one attached hydrogen (secondary N) is 1. The third-order valence-electron chi connectivity index (χ3n) is 3.83. The molecule has 3 heteroatoms. The van der Waals surface area contributed by atoms with E-state index in [1.807, 2.05) is 64.1 Å². The summed E-state index contributed by atoms with van der Waals surface area (Å²) in [5.41, 5.74) is 4.46. The fourth-order valence-corrected chi connectivity index (χ4v) is 2.43. The van der Waals surface area contributed by atoms with Gasteiger partial charge in [-0.1, -0.05) is 48.9 Å². The third kappa shape index (κ3) is 4.85. The summed E-state index contributed by atoms with van der Waals surface area (Å²) < 4.78 is 5.94. The molecule has 0 saturated carbocycles. The quantitative estimate of drug-likeness (QED) is 0.872. The van der Waals surface area contributed by atoms with Gasteiger partial charge < -0.3 is 10.1 Å². The summed E-state index contributed by atoms with van der Waals surface area (Å²) in [6, 6.07) is 14.2. The molecule has 0 aliphatic heterocycles. The highest BCUT2D eigenvalue weighted by molar-refractivity contribution is 5.81. The second kappa shape index (κ2) is 7.82. The second-order valence-electron chi connectivity index (χ2n) is 5.99. The molecule has 1 atom stereocenters. The Morgan fingerprint density at radius 2 is 1.83 bits per heavy atom. The Hall–Kier alpha value is -2.29. The Balaban J connectivity index is 1.99. The maximum absolute atomic E-state index is 12.4. The summed E-state index contributed by atoms with van der Waals surface area (Å²) in [7, 11) is 0. The molecule has 2 rings (SSSR count). The lowest BCUT2D eigenvalue weighted by molar-refractivity contribution is -0.128. The van der Waals surface area contributed by atoms with Crippen LogP contribution in [-0.4, -0.2) is 12.0 Å². The topological polar surface area (TPSA) is 38.3 Å². The SMILES string of the molecule is CCC(Oc1cc(C)ccc1C)C(=O)NCc1cccc(C)c1. The normalized spacial score (nSPS) is 11.8. The van der Waals surface area contributed by atoms with Crippen LogP contribution in [0.15, 0.2) is 42.5 Å². The molecule has 0 spiro atoms. The highest BCUT2D eigenvalue weighted by atomic mass is 16.5. The predicted molar refractivity (Wildman–Crippen MR) is 93.6 cm³/mol. The zero-order valence-electron chi connectivity index (χ0n) is 14.3. The van der Waals surface area contributed by atoms with Crippen LogP contribution in [0.2, 0.25) is 0 Å². The van der Waals surface area contributed by atoms with Crippen LogP contribution >= 0.6 is 0 Å². The van der Waals surface area contributed by atoms with Crippen molar-refractivity contribution in [3.63, 3.8) is 0 Å². The molecular weight excluding hydrogens is 286 g/mol. The molecule has 1 N–H and O–H groups in total. The minimum absolute atomic E-state index is 0.0742. The maximum atomic E-state index is 12.4. The number of ether oxygens (including phenoxy) is 1. The number of carbonyl (C=O) groups excluding carboxylic acids is 1. The van der Waals surface area contributed by atoms with Gasteiger partial charge in [0, 0.05) is 6.54 Å². The molecule has 0 saturated heterocycles. The van der Waals surface area contributed by atoms with Gasteiger partial charge in [0.15, 0.2) is 6.10 Å². The Morgan fingerprint density at radius 1 is 1.09 bits per heavy atom. The Bertz CT molecular complexity index is 679. The molecule has 1 amide bonds. The lowest BCUT2D eigenvalue weighted by atomic mass is 10.1. The van der Waals surface area contributed by atoms with Crippen molar-refractivity contribution < 1.29 is 9.53 Å². The summed E-state index contributed by atoms with van der Waals surface area (Å²) in [5, 5.41) is 2.97. The van der Waals surface area contributed by atoms with Crippen molar-refractivity contribution in [2.24, 2.45) is 0 Å². The van der Waals surface area contributed by atoms with Crippen LogP contribution in [-0.2, 0) is 11.3 Å². The molecule has 3 nitrogen and oxygen atoms in total. The molecule has 23 heavy (non-hydrogen) atoms. The Morgan fingerprint density at radius 3 is 2.52 bits per heavy atom. The van der Waals surface area contributed by atoms with Gasteiger partial charge in [0.25, 0.3) is 5.91 Å². The molecule has 0 aromatic heterocycles. The van der Waals surface area contributed by atoms with Crippen LogP contribution in [0.25, 0.3) is 0 Å². The van der Waals surface area contributed by atoms with Crippen LogP contribution in [0.5, 0.6) is 5.75 Å². The minimum Gasteiger partial charge on any atom is -0.480 e. The summed E-state index contributed by atoms with van der Waals surface area (Å²) in [6.45, 7) is 8.54. The standard InChI is InChI=1S/C20H25NO2/c1-5-18(23-19-12-15(3)9-10-16(19)4)20(22)21-13-17-8-6-7-14(2)11-17/h6-12,18H,5,13H2,1-4H3,(H,21,22). The predicted octanol–water partition coefficient (Wildman–Crippen LogP) is 4.09. The van der Waals surface area contributed by atoms with Crippen molar-refractivity contribution in [3.05, 3.63) is 64.7 Å². The number of hydrogen-bond acceptors (Lipinski definition) is 2. The molecule has 2 aromatic carbocycles. The van der Waals surface area contributed by atoms with Gasteiger partial charge in [-0.05, 0) is 49.9 Å². The van der Waals surface area contributed by atoms with E-state index in [0.29, 0.717) is 13.0 Å². The van der Waals surface area contributed by atoms with Crippen LogP contribution in [0.4, 0.5) is 0 Å². The van der Waals surface area contributed by atoms with Gasteiger partial charge in [-0.25, -0.2) is 0 Å². The van der Waals surface area contributed by atoms with Gasteiger partial charge >= 0.3 is 0 Å². The first-order chi connectivity index (χ1) is 11.0. The lowest BCUT2D eigenvalue weighted by Gasteiger charge is -2.19. The van der Waals surface area contributed by atoms with Crippen molar-refractivity contribution in [2.45, 2.75) is 46.8 Å². The molecule has 1 unspecified atom stereocenters. The summed E-state index contributed by atoms with van der Waals surface area (Å²) in [4.78, 5) is 12.4. The van der Waals surface area contributed by atoms with Crippen molar-refractivity contribution >= 4 is 5.91 Å². The first-order valence-corrected chi connectivity index (χ1v) is 8.06. The van der Waals surface area contributed by atoms with E-state index in [0.717, 1.165) is 22.4 Å². The maximum Gasteiger partial charge on any atom is 0.261 e. The molecule has 0 fully saturated rings. The number of aryl methyl sites for hydroxylation is 3. The zero-order valence-corrected chi connectivity index (χ0v) is 14.3. The van der Waals surface area contributed by atoms with E-state index in [-0.39, 0.29) is 5.91 Å². The van der Waals surface area contributed by atoms with Gasteiger partial charge in [0.1, 0.15) is 5.75 Å². The number of carbonyl (C=O) groups is 1. The highest BCUT2D eigenvalue weighted by Gasteiger charge is 2.18. The average molecular weight is 311 g/mol. The van der Waals surface area contributed by atoms with Gasteiger partial charge in [0.2, 0.25) is 0 Å². The van der Waals surface area contributed by atoms with Gasteiger partial charge in [-0.15, -0.1) is 0 Å². The van der Waals surface area contributed by atoms with E-state index in [1.54, 1.807) is 0 Å². The molecule has 2 aromatic rings. The zero-order chi connectivity index (χ0) is 16.8. The van der Waals surface area contributed by atoms with Gasteiger partial charge in [-0.2, -0.15) is 0 Å². The minimum atomic E-state index is -0.472. The number of benzene rings is 2. The Kier molecular flexibility index (Phi) is 5.80. The first-order valence-electron chi connectivity index (χ1n) is 8.06. The van der Waals surface area contributed by atoms with E-state index in [1.165, 1.54) is 5.56 Å². The van der Waals surface area contributed by atoms with Crippen LogP contribution in [0.3, 0.4) is 0 Å². The van der Waals surface area contributed by atoms with Crippen molar-refractivity contribution in [2.75, 3.05) is 0 Å². The molecular formula is C20H25NO2.